The lowest BCUT2D eigenvalue weighted by molar-refractivity contribution is -0.143. The van der Waals surface area contributed by atoms with Gasteiger partial charge in [0.25, 0.3) is 0 Å². The van der Waals surface area contributed by atoms with Crippen molar-refractivity contribution in [2.24, 2.45) is 11.8 Å². The average molecular weight is 180 g/mol. The number of aliphatic carboxylic acids is 1. The number of fused-ring (bicyclic) bond motifs is 1. The monoisotopic (exact) mass is 180 g/mol. The van der Waals surface area contributed by atoms with Crippen LogP contribution in [0.5, 0.6) is 0 Å². The number of aromatic amines is 1. The zero-order valence-corrected chi connectivity index (χ0v) is 7.45. The van der Waals surface area contributed by atoms with Crippen LogP contribution in [0.2, 0.25) is 0 Å². The van der Waals surface area contributed by atoms with E-state index in [0.29, 0.717) is 6.42 Å². The van der Waals surface area contributed by atoms with E-state index in [-0.39, 0.29) is 11.8 Å². The normalized spacial score (nSPS) is 26.8. The Labute approximate surface area is 76.0 Å². The molecule has 70 valence electrons. The Morgan fingerprint density at radius 3 is 3.15 bits per heavy atom. The van der Waals surface area contributed by atoms with E-state index in [1.165, 1.54) is 5.56 Å². The van der Waals surface area contributed by atoms with E-state index in [9.17, 15) is 4.79 Å². The van der Waals surface area contributed by atoms with Crippen LogP contribution in [0.15, 0.2) is 6.20 Å². The third-order valence-electron chi connectivity index (χ3n) is 2.78. The summed E-state index contributed by atoms with van der Waals surface area (Å²) in [6.45, 7) is 1.98. The van der Waals surface area contributed by atoms with Crippen LogP contribution in [0.4, 0.5) is 0 Å². The Balaban J connectivity index is 2.27. The molecule has 1 aromatic rings. The second kappa shape index (κ2) is 2.87. The molecule has 1 aliphatic rings. The minimum absolute atomic E-state index is 0.211. The summed E-state index contributed by atoms with van der Waals surface area (Å²) in [7, 11) is 0. The van der Waals surface area contributed by atoms with Gasteiger partial charge in [-0.1, -0.05) is 6.92 Å². The van der Waals surface area contributed by atoms with Crippen molar-refractivity contribution in [1.29, 1.82) is 0 Å². The second-order valence-electron chi connectivity index (χ2n) is 3.70. The van der Waals surface area contributed by atoms with Gasteiger partial charge >= 0.3 is 5.97 Å². The molecule has 1 heterocycles. The Bertz CT molecular complexity index is 332. The quantitative estimate of drug-likeness (QED) is 0.673. The van der Waals surface area contributed by atoms with E-state index < -0.39 is 5.97 Å². The maximum absolute atomic E-state index is 10.9. The molecule has 0 saturated carbocycles. The van der Waals surface area contributed by atoms with Gasteiger partial charge in [-0.3, -0.25) is 9.89 Å². The highest BCUT2D eigenvalue weighted by Gasteiger charge is 2.31. The minimum atomic E-state index is -0.701. The smallest absolute Gasteiger partial charge is 0.307 e. The lowest BCUT2D eigenvalue weighted by Gasteiger charge is -2.24. The van der Waals surface area contributed by atoms with Gasteiger partial charge in [0.05, 0.1) is 12.1 Å². The number of nitrogens with zero attached hydrogens (tertiary/aromatic N) is 1. The summed E-state index contributed by atoms with van der Waals surface area (Å²) in [5.74, 6) is -0.747. The lowest BCUT2D eigenvalue weighted by Crippen LogP contribution is -2.29. The van der Waals surface area contributed by atoms with Crippen molar-refractivity contribution < 1.29 is 9.90 Å². The van der Waals surface area contributed by atoms with Gasteiger partial charge in [-0.05, 0) is 17.9 Å². The molecule has 0 fully saturated rings. The van der Waals surface area contributed by atoms with Crippen molar-refractivity contribution >= 4 is 5.97 Å². The number of aromatic nitrogens is 2. The largest absolute Gasteiger partial charge is 0.481 e. The van der Waals surface area contributed by atoms with Crippen LogP contribution >= 0.6 is 0 Å². The summed E-state index contributed by atoms with van der Waals surface area (Å²) >= 11 is 0. The number of carbonyl (C=O) groups is 1. The Morgan fingerprint density at radius 2 is 2.46 bits per heavy atom. The molecule has 0 saturated heterocycles. The number of nitrogens with one attached hydrogen (secondary N) is 1. The van der Waals surface area contributed by atoms with Gasteiger partial charge in [0.15, 0.2) is 0 Å². The predicted octanol–water partition coefficient (Wildman–Crippen LogP) is 0.845. The highest BCUT2D eigenvalue weighted by atomic mass is 16.4. The van der Waals surface area contributed by atoms with E-state index in [2.05, 4.69) is 10.2 Å². The summed E-state index contributed by atoms with van der Waals surface area (Å²) in [6.07, 6.45) is 3.21. The first kappa shape index (κ1) is 8.29. The van der Waals surface area contributed by atoms with E-state index in [0.717, 1.165) is 12.1 Å². The highest BCUT2D eigenvalue weighted by molar-refractivity contribution is 5.71. The van der Waals surface area contributed by atoms with Crippen molar-refractivity contribution in [1.82, 2.24) is 10.2 Å². The molecule has 2 rings (SSSR count). The summed E-state index contributed by atoms with van der Waals surface area (Å²) in [5, 5.41) is 15.7. The minimum Gasteiger partial charge on any atom is -0.481 e. The fourth-order valence-electron chi connectivity index (χ4n) is 1.93. The molecule has 0 radical (unpaired) electrons. The molecule has 0 bridgehead atoms. The lowest BCUT2D eigenvalue weighted by atomic mass is 9.80. The van der Waals surface area contributed by atoms with Crippen molar-refractivity contribution in [3.63, 3.8) is 0 Å². The Hall–Kier alpha value is -1.32. The molecule has 2 atom stereocenters. The molecule has 0 aromatic carbocycles. The summed E-state index contributed by atoms with van der Waals surface area (Å²) in [6, 6.07) is 0. The van der Waals surface area contributed by atoms with E-state index in [1.54, 1.807) is 6.20 Å². The van der Waals surface area contributed by atoms with Gasteiger partial charge in [-0.2, -0.15) is 5.10 Å². The molecule has 2 unspecified atom stereocenters. The molecule has 0 amide bonds. The van der Waals surface area contributed by atoms with Crippen molar-refractivity contribution in [2.45, 2.75) is 19.8 Å². The number of rotatable bonds is 1. The SMILES string of the molecule is CC1Cc2cn[nH]c2CC1C(=O)O. The standard InChI is InChI=1S/C9H12N2O2/c1-5-2-6-4-10-11-8(6)3-7(5)9(12)13/h4-5,7H,2-3H2,1H3,(H,10,11)(H,12,13). The summed E-state index contributed by atoms with van der Waals surface area (Å²) in [4.78, 5) is 10.9. The second-order valence-corrected chi connectivity index (χ2v) is 3.70. The summed E-state index contributed by atoms with van der Waals surface area (Å²) < 4.78 is 0. The first-order valence-electron chi connectivity index (χ1n) is 4.42. The van der Waals surface area contributed by atoms with E-state index in [1.807, 2.05) is 6.92 Å². The van der Waals surface area contributed by atoms with Crippen molar-refractivity contribution in [3.8, 4) is 0 Å². The molecule has 4 heteroatoms. The average Bonchev–Trinajstić information content (AvgIpc) is 2.48. The van der Waals surface area contributed by atoms with Crippen LogP contribution in [-0.2, 0) is 17.6 Å². The van der Waals surface area contributed by atoms with Crippen molar-refractivity contribution in [2.75, 3.05) is 0 Å². The molecular formula is C9H12N2O2. The van der Waals surface area contributed by atoms with Gasteiger partial charge in [-0.15, -0.1) is 0 Å². The van der Waals surface area contributed by atoms with Crippen LogP contribution in [0.3, 0.4) is 0 Å². The van der Waals surface area contributed by atoms with E-state index >= 15 is 0 Å². The van der Waals surface area contributed by atoms with Crippen LogP contribution in [0, 0.1) is 11.8 Å². The third-order valence-corrected chi connectivity index (χ3v) is 2.78. The fraction of sp³-hybridized carbons (Fsp3) is 0.556. The molecule has 2 N–H and O–H groups in total. The highest BCUT2D eigenvalue weighted by Crippen LogP contribution is 2.28. The van der Waals surface area contributed by atoms with Crippen LogP contribution in [0.1, 0.15) is 18.2 Å². The molecular weight excluding hydrogens is 168 g/mol. The predicted molar refractivity (Wildman–Crippen MR) is 46.3 cm³/mol. The molecule has 4 nitrogen and oxygen atoms in total. The molecule has 1 aliphatic carbocycles. The maximum Gasteiger partial charge on any atom is 0.307 e. The Kier molecular flexibility index (Phi) is 1.83. The number of H-pyrrole nitrogens is 1. The third kappa shape index (κ3) is 1.32. The van der Waals surface area contributed by atoms with Crippen LogP contribution < -0.4 is 0 Å². The number of hydrogen-bond donors (Lipinski definition) is 2. The molecule has 0 spiro atoms. The summed E-state index contributed by atoms with van der Waals surface area (Å²) in [5.41, 5.74) is 2.16. The number of carboxylic acid groups (broad SMARTS) is 1. The number of carboxylic acids is 1. The van der Waals surface area contributed by atoms with Crippen LogP contribution in [0.25, 0.3) is 0 Å². The fourth-order valence-corrected chi connectivity index (χ4v) is 1.93. The van der Waals surface area contributed by atoms with Crippen molar-refractivity contribution in [3.05, 3.63) is 17.5 Å². The Morgan fingerprint density at radius 1 is 1.69 bits per heavy atom. The van der Waals surface area contributed by atoms with Gasteiger partial charge in [0, 0.05) is 12.1 Å². The maximum atomic E-state index is 10.9. The van der Waals surface area contributed by atoms with Crippen LogP contribution in [-0.4, -0.2) is 21.3 Å². The number of hydrogen-bond acceptors (Lipinski definition) is 2. The first-order valence-corrected chi connectivity index (χ1v) is 4.42. The van der Waals surface area contributed by atoms with Gasteiger partial charge in [0.1, 0.15) is 0 Å². The molecule has 1 aromatic heterocycles. The topological polar surface area (TPSA) is 66.0 Å². The van der Waals surface area contributed by atoms with Gasteiger partial charge < -0.3 is 5.11 Å². The van der Waals surface area contributed by atoms with E-state index in [4.69, 9.17) is 5.11 Å². The van der Waals surface area contributed by atoms with Gasteiger partial charge in [0.2, 0.25) is 0 Å². The van der Waals surface area contributed by atoms with Gasteiger partial charge in [-0.25, -0.2) is 0 Å². The molecule has 0 aliphatic heterocycles. The first-order chi connectivity index (χ1) is 6.18. The molecule has 13 heavy (non-hydrogen) atoms. The zero-order chi connectivity index (χ0) is 9.42. The zero-order valence-electron chi connectivity index (χ0n) is 7.45.